The molecule has 0 aromatic carbocycles. The summed E-state index contributed by atoms with van der Waals surface area (Å²) >= 11 is 0. The highest BCUT2D eigenvalue weighted by molar-refractivity contribution is 5.97. The van der Waals surface area contributed by atoms with E-state index < -0.39 is 0 Å². The second-order valence-electron chi connectivity index (χ2n) is 8.75. The third-order valence-electron chi connectivity index (χ3n) is 7.27. The van der Waals surface area contributed by atoms with Gasteiger partial charge in [-0.2, -0.15) is 0 Å². The Hall–Kier alpha value is -0.890. The SMILES string of the molecule is C=C[C@]1(C)C=C2C(=O)C[C@H]3[C@@](C)(CO)CCC[C@]3(C)[C@H]2CC1. The van der Waals surface area contributed by atoms with Crippen LogP contribution in [0.5, 0.6) is 0 Å². The van der Waals surface area contributed by atoms with Gasteiger partial charge in [-0.1, -0.05) is 39.3 Å². The normalized spacial score (nSPS) is 48.2. The van der Waals surface area contributed by atoms with E-state index in [4.69, 9.17) is 0 Å². The van der Waals surface area contributed by atoms with Gasteiger partial charge in [0.15, 0.2) is 5.78 Å². The van der Waals surface area contributed by atoms with Crippen LogP contribution in [0, 0.1) is 28.1 Å². The number of hydrogen-bond acceptors (Lipinski definition) is 2. The van der Waals surface area contributed by atoms with Gasteiger partial charge >= 0.3 is 0 Å². The van der Waals surface area contributed by atoms with Crippen LogP contribution in [0.4, 0.5) is 0 Å². The molecule has 0 bridgehead atoms. The molecule has 5 atom stereocenters. The third kappa shape index (κ3) is 2.14. The van der Waals surface area contributed by atoms with Gasteiger partial charge in [0.2, 0.25) is 0 Å². The van der Waals surface area contributed by atoms with Crippen molar-refractivity contribution in [3.05, 3.63) is 24.3 Å². The lowest BCUT2D eigenvalue weighted by Gasteiger charge is -2.59. The Morgan fingerprint density at radius 2 is 2.05 bits per heavy atom. The molecule has 22 heavy (non-hydrogen) atoms. The van der Waals surface area contributed by atoms with Crippen molar-refractivity contribution in [2.75, 3.05) is 6.61 Å². The van der Waals surface area contributed by atoms with Crippen molar-refractivity contribution in [1.29, 1.82) is 0 Å². The van der Waals surface area contributed by atoms with E-state index >= 15 is 0 Å². The fraction of sp³-hybridized carbons (Fsp3) is 0.750. The van der Waals surface area contributed by atoms with Gasteiger partial charge in [0.25, 0.3) is 0 Å². The molecule has 3 rings (SSSR count). The van der Waals surface area contributed by atoms with Gasteiger partial charge in [0.1, 0.15) is 0 Å². The monoisotopic (exact) mass is 302 g/mol. The van der Waals surface area contributed by atoms with Gasteiger partial charge in [-0.25, -0.2) is 0 Å². The predicted octanol–water partition coefficient (Wildman–Crippen LogP) is 4.29. The van der Waals surface area contributed by atoms with Gasteiger partial charge < -0.3 is 5.11 Å². The zero-order chi connectivity index (χ0) is 16.2. The van der Waals surface area contributed by atoms with Gasteiger partial charge in [-0.3, -0.25) is 4.79 Å². The molecule has 0 unspecified atom stereocenters. The molecule has 0 heterocycles. The third-order valence-corrected chi connectivity index (χ3v) is 7.27. The topological polar surface area (TPSA) is 37.3 Å². The fourth-order valence-corrected chi connectivity index (χ4v) is 5.67. The van der Waals surface area contributed by atoms with Crippen LogP contribution in [-0.4, -0.2) is 17.5 Å². The van der Waals surface area contributed by atoms with Crippen molar-refractivity contribution < 1.29 is 9.90 Å². The molecule has 1 N–H and O–H groups in total. The summed E-state index contributed by atoms with van der Waals surface area (Å²) < 4.78 is 0. The van der Waals surface area contributed by atoms with Crippen LogP contribution in [0.1, 0.15) is 59.3 Å². The number of rotatable bonds is 2. The lowest BCUT2D eigenvalue weighted by Crippen LogP contribution is -2.54. The maximum absolute atomic E-state index is 12.8. The summed E-state index contributed by atoms with van der Waals surface area (Å²) in [6.45, 7) is 10.9. The molecule has 0 spiro atoms. The van der Waals surface area contributed by atoms with E-state index in [1.807, 2.05) is 6.08 Å². The van der Waals surface area contributed by atoms with E-state index in [1.54, 1.807) is 0 Å². The number of carbonyl (C=O) groups is 1. The number of Topliss-reactive ketones (excluding diaryl/α,β-unsaturated/α-hetero) is 1. The van der Waals surface area contributed by atoms with Crippen LogP contribution in [0.2, 0.25) is 0 Å². The van der Waals surface area contributed by atoms with Crippen molar-refractivity contribution in [3.63, 3.8) is 0 Å². The molecule has 0 amide bonds. The van der Waals surface area contributed by atoms with E-state index in [0.29, 0.717) is 24.0 Å². The maximum atomic E-state index is 12.8. The number of ketones is 1. The van der Waals surface area contributed by atoms with E-state index in [2.05, 4.69) is 33.4 Å². The smallest absolute Gasteiger partial charge is 0.159 e. The zero-order valence-corrected chi connectivity index (χ0v) is 14.3. The number of allylic oxidation sites excluding steroid dienone is 3. The van der Waals surface area contributed by atoms with Gasteiger partial charge in [-0.05, 0) is 53.9 Å². The number of aliphatic hydroxyl groups is 1. The van der Waals surface area contributed by atoms with Gasteiger partial charge in [0.05, 0.1) is 0 Å². The molecule has 0 saturated heterocycles. The number of carbonyl (C=O) groups excluding carboxylic acids is 1. The summed E-state index contributed by atoms with van der Waals surface area (Å²) in [5.41, 5.74) is 1.11. The van der Waals surface area contributed by atoms with E-state index in [0.717, 1.165) is 24.8 Å². The molecular formula is C20H30O2. The molecule has 3 aliphatic rings. The molecule has 2 nitrogen and oxygen atoms in total. The summed E-state index contributed by atoms with van der Waals surface area (Å²) in [5, 5.41) is 9.97. The molecule has 122 valence electrons. The lowest BCUT2D eigenvalue weighted by atomic mass is 9.45. The fourth-order valence-electron chi connectivity index (χ4n) is 5.67. The lowest BCUT2D eigenvalue weighted by molar-refractivity contribution is -0.135. The average molecular weight is 302 g/mol. The Kier molecular flexibility index (Phi) is 3.67. The first-order chi connectivity index (χ1) is 10.3. The highest BCUT2D eigenvalue weighted by atomic mass is 16.3. The Morgan fingerprint density at radius 3 is 2.68 bits per heavy atom. The van der Waals surface area contributed by atoms with Crippen LogP contribution >= 0.6 is 0 Å². The minimum Gasteiger partial charge on any atom is -0.396 e. The number of hydrogen-bond donors (Lipinski definition) is 1. The maximum Gasteiger partial charge on any atom is 0.159 e. The predicted molar refractivity (Wildman–Crippen MR) is 89.4 cm³/mol. The van der Waals surface area contributed by atoms with Crippen molar-refractivity contribution in [2.45, 2.75) is 59.3 Å². The summed E-state index contributed by atoms with van der Waals surface area (Å²) in [6, 6.07) is 0. The van der Waals surface area contributed by atoms with Crippen LogP contribution in [-0.2, 0) is 4.79 Å². The Balaban J connectivity index is 2.04. The summed E-state index contributed by atoms with van der Waals surface area (Å²) in [6.07, 6.45) is 10.4. The van der Waals surface area contributed by atoms with Gasteiger partial charge in [0, 0.05) is 18.4 Å². The molecular weight excluding hydrogens is 272 g/mol. The number of fused-ring (bicyclic) bond motifs is 3. The average Bonchev–Trinajstić information content (AvgIpc) is 2.50. The Labute approximate surface area is 134 Å². The van der Waals surface area contributed by atoms with Crippen LogP contribution < -0.4 is 0 Å². The summed E-state index contributed by atoms with van der Waals surface area (Å²) in [4.78, 5) is 12.8. The Bertz CT molecular complexity index is 534. The Morgan fingerprint density at radius 1 is 1.32 bits per heavy atom. The minimum absolute atomic E-state index is 0.0281. The van der Waals surface area contributed by atoms with Gasteiger partial charge in [-0.15, -0.1) is 6.58 Å². The highest BCUT2D eigenvalue weighted by Gasteiger charge is 2.57. The minimum atomic E-state index is -0.0899. The summed E-state index contributed by atoms with van der Waals surface area (Å²) in [5.74, 6) is 1.02. The first kappa shape index (κ1) is 16.0. The van der Waals surface area contributed by atoms with Crippen LogP contribution in [0.25, 0.3) is 0 Å². The second-order valence-corrected chi connectivity index (χ2v) is 8.75. The second kappa shape index (κ2) is 5.06. The van der Waals surface area contributed by atoms with E-state index in [9.17, 15) is 9.90 Å². The molecule has 0 aromatic rings. The largest absolute Gasteiger partial charge is 0.396 e. The molecule has 2 heteroatoms. The number of aliphatic hydroxyl groups excluding tert-OH is 1. The van der Waals surface area contributed by atoms with Crippen LogP contribution in [0.15, 0.2) is 24.3 Å². The molecule has 2 saturated carbocycles. The molecule has 0 aromatic heterocycles. The van der Waals surface area contributed by atoms with Crippen molar-refractivity contribution in [2.24, 2.45) is 28.1 Å². The summed E-state index contributed by atoms with van der Waals surface area (Å²) in [7, 11) is 0. The van der Waals surface area contributed by atoms with Crippen molar-refractivity contribution in [1.82, 2.24) is 0 Å². The van der Waals surface area contributed by atoms with Crippen molar-refractivity contribution in [3.8, 4) is 0 Å². The molecule has 0 radical (unpaired) electrons. The molecule has 2 fully saturated rings. The standard InChI is InChI=1S/C20H30O2/c1-5-18(2)10-7-15-14(12-18)16(22)11-17-19(3,13-21)8-6-9-20(15,17)4/h5,12,15,17,21H,1,6-11,13H2,2-4H3/t15-,17-,18-,19+,20+/m0/s1. The quantitative estimate of drug-likeness (QED) is 0.772. The van der Waals surface area contributed by atoms with Crippen LogP contribution in [0.3, 0.4) is 0 Å². The first-order valence-electron chi connectivity index (χ1n) is 8.78. The molecule has 3 aliphatic carbocycles. The highest BCUT2D eigenvalue weighted by Crippen LogP contribution is 2.62. The van der Waals surface area contributed by atoms with E-state index in [1.165, 1.54) is 12.8 Å². The zero-order valence-electron chi connectivity index (χ0n) is 14.3. The van der Waals surface area contributed by atoms with Crippen molar-refractivity contribution >= 4 is 5.78 Å². The first-order valence-corrected chi connectivity index (χ1v) is 8.78. The molecule has 0 aliphatic heterocycles. The van der Waals surface area contributed by atoms with E-state index in [-0.39, 0.29) is 22.9 Å².